The highest BCUT2D eigenvalue weighted by Crippen LogP contribution is 2.32. The van der Waals surface area contributed by atoms with E-state index in [-0.39, 0.29) is 5.83 Å². The number of nitrogens with one attached hydrogen (secondary N) is 1. The lowest BCUT2D eigenvalue weighted by Crippen LogP contribution is -2.36. The van der Waals surface area contributed by atoms with Crippen molar-refractivity contribution < 1.29 is 13.9 Å². The fourth-order valence-electron chi connectivity index (χ4n) is 2.28. The van der Waals surface area contributed by atoms with Gasteiger partial charge in [0.15, 0.2) is 0 Å². The van der Waals surface area contributed by atoms with Crippen LogP contribution in [-0.4, -0.2) is 26.4 Å². The second kappa shape index (κ2) is 6.06. The van der Waals surface area contributed by atoms with Crippen LogP contribution in [-0.2, 0) is 9.47 Å². The molecule has 3 nitrogen and oxygen atoms in total. The largest absolute Gasteiger partial charge is 0.493 e. The van der Waals surface area contributed by atoms with Crippen LogP contribution in [0.3, 0.4) is 0 Å². The van der Waals surface area contributed by atoms with E-state index in [4.69, 9.17) is 9.47 Å². The van der Waals surface area contributed by atoms with Crippen LogP contribution < -0.4 is 5.32 Å². The van der Waals surface area contributed by atoms with Gasteiger partial charge in [0.05, 0.1) is 6.61 Å². The first-order chi connectivity index (χ1) is 9.13. The molecule has 19 heavy (non-hydrogen) atoms. The third-order valence-electron chi connectivity index (χ3n) is 3.22. The zero-order chi connectivity index (χ0) is 13.8. The van der Waals surface area contributed by atoms with Crippen molar-refractivity contribution in [2.45, 2.75) is 26.3 Å². The van der Waals surface area contributed by atoms with E-state index in [1.54, 1.807) is 13.2 Å². The molecule has 1 heterocycles. The average molecular weight is 265 g/mol. The summed E-state index contributed by atoms with van der Waals surface area (Å²) in [5, 5.41) is 3.14. The van der Waals surface area contributed by atoms with Crippen molar-refractivity contribution in [3.05, 3.63) is 46.7 Å². The summed E-state index contributed by atoms with van der Waals surface area (Å²) in [7, 11) is 1.67. The van der Waals surface area contributed by atoms with Crippen LogP contribution >= 0.6 is 0 Å². The number of hydrogen-bond donors (Lipinski definition) is 1. The van der Waals surface area contributed by atoms with E-state index in [9.17, 15) is 4.39 Å². The summed E-state index contributed by atoms with van der Waals surface area (Å²) >= 11 is 0. The van der Waals surface area contributed by atoms with Crippen LogP contribution in [0.1, 0.15) is 20.3 Å². The number of allylic oxidation sites excluding steroid dienone is 4. The Balaban J connectivity index is 2.19. The van der Waals surface area contributed by atoms with Crippen LogP contribution in [0.15, 0.2) is 46.7 Å². The molecule has 2 aliphatic rings. The minimum atomic E-state index is -0.410. The number of dihydropyridines is 1. The van der Waals surface area contributed by atoms with Gasteiger partial charge in [-0.3, -0.25) is 0 Å². The van der Waals surface area contributed by atoms with E-state index in [1.165, 1.54) is 6.08 Å². The van der Waals surface area contributed by atoms with E-state index >= 15 is 0 Å². The van der Waals surface area contributed by atoms with E-state index in [0.717, 1.165) is 29.0 Å². The van der Waals surface area contributed by atoms with Crippen molar-refractivity contribution in [2.24, 2.45) is 0 Å². The molecule has 0 aromatic heterocycles. The molecule has 0 saturated carbocycles. The molecule has 1 aliphatic carbocycles. The van der Waals surface area contributed by atoms with Crippen molar-refractivity contribution in [2.75, 3.05) is 20.3 Å². The van der Waals surface area contributed by atoms with Gasteiger partial charge in [0.2, 0.25) is 0 Å². The molecule has 1 unspecified atom stereocenters. The third-order valence-corrected chi connectivity index (χ3v) is 3.22. The Bertz CT molecular complexity index is 475. The first-order valence-corrected chi connectivity index (χ1v) is 6.48. The first kappa shape index (κ1) is 13.9. The van der Waals surface area contributed by atoms with Crippen LogP contribution in [0, 0.1) is 0 Å². The van der Waals surface area contributed by atoms with E-state index < -0.39 is 6.04 Å². The van der Waals surface area contributed by atoms with Gasteiger partial charge in [0, 0.05) is 31.4 Å². The lowest BCUT2D eigenvalue weighted by molar-refractivity contribution is 0.147. The fraction of sp³-hybridized carbons (Fsp3) is 0.467. The van der Waals surface area contributed by atoms with Gasteiger partial charge in [-0.1, -0.05) is 6.08 Å². The molecule has 1 atom stereocenters. The Morgan fingerprint density at radius 1 is 1.26 bits per heavy atom. The van der Waals surface area contributed by atoms with Crippen molar-refractivity contribution >= 4 is 0 Å². The Morgan fingerprint density at radius 2 is 2.05 bits per heavy atom. The van der Waals surface area contributed by atoms with E-state index in [2.05, 4.69) is 5.32 Å². The first-order valence-electron chi connectivity index (χ1n) is 6.48. The standard InChI is InChI=1S/C15H20FNO2/c1-10-5-6-12(16)15-14(10)13(9-11(2)17-15)19-8-4-7-18-3/h5-6,9,15,17H,4,7-8H2,1-3H3. The molecule has 0 bridgehead atoms. The molecular weight excluding hydrogens is 245 g/mol. The van der Waals surface area contributed by atoms with Crippen LogP contribution in [0.5, 0.6) is 0 Å². The molecule has 0 fully saturated rings. The maximum atomic E-state index is 13.9. The molecule has 1 N–H and O–H groups in total. The van der Waals surface area contributed by atoms with Crippen LogP contribution in [0.4, 0.5) is 4.39 Å². The van der Waals surface area contributed by atoms with Gasteiger partial charge in [0.25, 0.3) is 0 Å². The Morgan fingerprint density at radius 3 is 2.79 bits per heavy atom. The highest BCUT2D eigenvalue weighted by atomic mass is 19.1. The van der Waals surface area contributed by atoms with Crippen LogP contribution in [0.25, 0.3) is 0 Å². The molecule has 104 valence electrons. The normalized spacial score (nSPS) is 22.1. The SMILES string of the molecule is COCCCOC1=C2C(C)=CC=C(F)C2NC(C)=C1. The maximum Gasteiger partial charge on any atom is 0.127 e. The summed E-state index contributed by atoms with van der Waals surface area (Å²) in [5.41, 5.74) is 2.83. The smallest absolute Gasteiger partial charge is 0.127 e. The van der Waals surface area contributed by atoms with Gasteiger partial charge in [-0.05, 0) is 31.6 Å². The fourth-order valence-corrected chi connectivity index (χ4v) is 2.28. The lowest BCUT2D eigenvalue weighted by Gasteiger charge is -2.30. The molecule has 1 aliphatic heterocycles. The molecular formula is C15H20FNO2. The monoisotopic (exact) mass is 265 g/mol. The predicted molar refractivity (Wildman–Crippen MR) is 73.1 cm³/mol. The van der Waals surface area contributed by atoms with Gasteiger partial charge in [-0.25, -0.2) is 4.39 Å². The predicted octanol–water partition coefficient (Wildman–Crippen LogP) is 2.98. The third kappa shape index (κ3) is 3.07. The lowest BCUT2D eigenvalue weighted by atomic mass is 9.90. The molecule has 2 rings (SSSR count). The highest BCUT2D eigenvalue weighted by molar-refractivity contribution is 5.52. The van der Waals surface area contributed by atoms with Crippen molar-refractivity contribution in [1.82, 2.24) is 5.32 Å². The summed E-state index contributed by atoms with van der Waals surface area (Å²) < 4.78 is 24.7. The van der Waals surface area contributed by atoms with Gasteiger partial charge in [0.1, 0.15) is 17.6 Å². The van der Waals surface area contributed by atoms with Crippen molar-refractivity contribution in [1.29, 1.82) is 0 Å². The molecule has 0 spiro atoms. The second-order valence-electron chi connectivity index (χ2n) is 4.78. The highest BCUT2D eigenvalue weighted by Gasteiger charge is 2.29. The zero-order valence-corrected chi connectivity index (χ0v) is 11.6. The minimum Gasteiger partial charge on any atom is -0.493 e. The maximum absolute atomic E-state index is 13.9. The van der Waals surface area contributed by atoms with E-state index in [1.807, 2.05) is 19.9 Å². The average Bonchev–Trinajstić information content (AvgIpc) is 2.38. The quantitative estimate of drug-likeness (QED) is 0.775. The Hall–Kier alpha value is -1.55. The minimum absolute atomic E-state index is 0.175. The molecule has 0 radical (unpaired) electrons. The Labute approximate surface area is 113 Å². The van der Waals surface area contributed by atoms with Gasteiger partial charge in [-0.2, -0.15) is 0 Å². The summed E-state index contributed by atoms with van der Waals surface area (Å²) in [6, 6.07) is -0.410. The van der Waals surface area contributed by atoms with Gasteiger partial charge < -0.3 is 14.8 Å². The van der Waals surface area contributed by atoms with Crippen molar-refractivity contribution in [3.63, 3.8) is 0 Å². The number of fused-ring (bicyclic) bond motifs is 1. The topological polar surface area (TPSA) is 30.5 Å². The summed E-state index contributed by atoms with van der Waals surface area (Å²) in [4.78, 5) is 0. The number of rotatable bonds is 5. The summed E-state index contributed by atoms with van der Waals surface area (Å²) in [5.74, 6) is 0.584. The van der Waals surface area contributed by atoms with Crippen LogP contribution in [0.2, 0.25) is 0 Å². The number of halogens is 1. The number of hydrogen-bond acceptors (Lipinski definition) is 3. The molecule has 0 amide bonds. The zero-order valence-electron chi connectivity index (χ0n) is 11.6. The summed E-state index contributed by atoms with van der Waals surface area (Å²) in [6.45, 7) is 5.12. The second-order valence-corrected chi connectivity index (χ2v) is 4.78. The molecule has 0 aromatic rings. The van der Waals surface area contributed by atoms with Crippen molar-refractivity contribution in [3.8, 4) is 0 Å². The molecule has 0 saturated heterocycles. The number of ether oxygens (including phenoxy) is 2. The Kier molecular flexibility index (Phi) is 4.43. The van der Waals surface area contributed by atoms with Gasteiger partial charge >= 0.3 is 0 Å². The van der Waals surface area contributed by atoms with Gasteiger partial charge in [-0.15, -0.1) is 0 Å². The number of methoxy groups -OCH3 is 1. The molecule has 4 heteroatoms. The van der Waals surface area contributed by atoms with E-state index in [0.29, 0.717) is 13.2 Å². The molecule has 0 aromatic carbocycles. The summed E-state index contributed by atoms with van der Waals surface area (Å²) in [6.07, 6.45) is 6.04.